The number of carbonyl (C=O) groups is 4. The number of rotatable bonds is 4. The monoisotopic (exact) mass is 584 g/mol. The van der Waals surface area contributed by atoms with Crippen molar-refractivity contribution in [1.29, 1.82) is 0 Å². The minimum absolute atomic E-state index is 0.0874. The zero-order valence-corrected chi connectivity index (χ0v) is 25.1. The first-order valence-electron chi connectivity index (χ1n) is 14.4. The highest BCUT2D eigenvalue weighted by atomic mass is 16.6. The Morgan fingerprint density at radius 1 is 1.02 bits per heavy atom. The van der Waals surface area contributed by atoms with Crippen molar-refractivity contribution < 1.29 is 48.3 Å². The van der Waals surface area contributed by atoms with Gasteiger partial charge < -0.3 is 29.2 Å². The molecule has 9 atom stereocenters. The van der Waals surface area contributed by atoms with E-state index < -0.39 is 82.0 Å². The van der Waals surface area contributed by atoms with Crippen LogP contribution in [-0.2, 0) is 33.3 Å². The van der Waals surface area contributed by atoms with Crippen molar-refractivity contribution in [2.75, 3.05) is 6.61 Å². The molecular formula is C32H40O10. The van der Waals surface area contributed by atoms with E-state index in [-0.39, 0.29) is 24.2 Å². The molecule has 2 bridgehead atoms. The molecule has 1 unspecified atom stereocenters. The first-order valence-corrected chi connectivity index (χ1v) is 14.4. The quantitative estimate of drug-likeness (QED) is 0.308. The highest BCUT2D eigenvalue weighted by Crippen LogP contribution is 2.65. The highest BCUT2D eigenvalue weighted by Gasteiger charge is 2.77. The second-order valence-corrected chi connectivity index (χ2v) is 13.2. The molecule has 1 saturated heterocycles. The molecule has 1 aliphatic heterocycles. The molecule has 3 aliphatic carbocycles. The molecule has 228 valence electrons. The maximum absolute atomic E-state index is 15.0. The standard InChI is InChI=1S/C32H40O10/c1-16-13-22-31(15-39-22,42-19(4)34)25-27(41-28(37)20-11-9-8-10-12-20)32(38)14-21(35)17(2)23(29(32,5)6)24(40-18(3)33)26(36)30(16,25)7/h8-12,16,21-22,24-25,27,35,38H,13-15H2,1-7H3/t16-,21-,22+,24+,25-,27-,30+,31-,32?/m0/s1. The summed E-state index contributed by atoms with van der Waals surface area (Å²) >= 11 is 0. The van der Waals surface area contributed by atoms with E-state index in [1.54, 1.807) is 58.0 Å². The average molecular weight is 585 g/mol. The fourth-order valence-corrected chi connectivity index (χ4v) is 8.20. The number of hydrogen-bond donors (Lipinski definition) is 2. The lowest BCUT2D eigenvalue weighted by Gasteiger charge is -2.68. The number of benzene rings is 1. The lowest BCUT2D eigenvalue weighted by Crippen LogP contribution is -2.80. The van der Waals surface area contributed by atoms with Crippen LogP contribution in [0.3, 0.4) is 0 Å². The third-order valence-electron chi connectivity index (χ3n) is 10.7. The van der Waals surface area contributed by atoms with Crippen molar-refractivity contribution in [2.45, 2.75) is 96.9 Å². The van der Waals surface area contributed by atoms with Gasteiger partial charge in [0.05, 0.1) is 24.2 Å². The van der Waals surface area contributed by atoms with Gasteiger partial charge in [-0.25, -0.2) is 4.79 Å². The van der Waals surface area contributed by atoms with Crippen LogP contribution in [0, 0.1) is 22.7 Å². The predicted octanol–water partition coefficient (Wildman–Crippen LogP) is 2.93. The number of hydrogen-bond acceptors (Lipinski definition) is 10. The summed E-state index contributed by atoms with van der Waals surface area (Å²) in [6.07, 6.45) is -4.67. The molecule has 2 saturated carbocycles. The van der Waals surface area contributed by atoms with E-state index in [9.17, 15) is 29.4 Å². The Morgan fingerprint density at radius 2 is 1.67 bits per heavy atom. The van der Waals surface area contributed by atoms with Gasteiger partial charge in [0.1, 0.15) is 17.8 Å². The number of aliphatic hydroxyl groups is 2. The van der Waals surface area contributed by atoms with Crippen molar-refractivity contribution >= 4 is 23.7 Å². The van der Waals surface area contributed by atoms with Gasteiger partial charge in [-0.05, 0) is 42.5 Å². The summed E-state index contributed by atoms with van der Waals surface area (Å²) in [6, 6.07) is 8.26. The molecular weight excluding hydrogens is 544 g/mol. The number of Topliss-reactive ketones (excluding diaryl/α,β-unsaturated/α-hetero) is 1. The molecule has 0 aromatic heterocycles. The Hall–Kier alpha value is -3.08. The van der Waals surface area contributed by atoms with Gasteiger partial charge in [-0.3, -0.25) is 14.4 Å². The number of ether oxygens (including phenoxy) is 4. The van der Waals surface area contributed by atoms with E-state index in [1.807, 2.05) is 6.92 Å². The molecule has 1 aromatic rings. The molecule has 1 aromatic carbocycles. The van der Waals surface area contributed by atoms with E-state index in [0.29, 0.717) is 12.0 Å². The average Bonchev–Trinajstić information content (AvgIpc) is 2.90. The zero-order valence-electron chi connectivity index (χ0n) is 25.1. The predicted molar refractivity (Wildman–Crippen MR) is 148 cm³/mol. The zero-order chi connectivity index (χ0) is 31.0. The Balaban J connectivity index is 1.84. The summed E-state index contributed by atoms with van der Waals surface area (Å²) in [5, 5.41) is 24.3. The Morgan fingerprint density at radius 3 is 2.21 bits per heavy atom. The van der Waals surface area contributed by atoms with E-state index >= 15 is 0 Å². The molecule has 1 heterocycles. The van der Waals surface area contributed by atoms with Gasteiger partial charge in [-0.2, -0.15) is 0 Å². The number of carbonyl (C=O) groups excluding carboxylic acids is 4. The van der Waals surface area contributed by atoms with Crippen LogP contribution in [0.1, 0.15) is 71.7 Å². The van der Waals surface area contributed by atoms with Gasteiger partial charge in [0, 0.05) is 31.1 Å². The first kappa shape index (κ1) is 30.4. The second-order valence-electron chi connectivity index (χ2n) is 13.2. The molecule has 0 spiro atoms. The lowest BCUT2D eigenvalue weighted by atomic mass is 9.43. The molecule has 4 aliphatic rings. The summed E-state index contributed by atoms with van der Waals surface area (Å²) in [5.74, 6) is -4.10. The van der Waals surface area contributed by atoms with Gasteiger partial charge in [-0.15, -0.1) is 0 Å². The molecule has 3 fully saturated rings. The van der Waals surface area contributed by atoms with Gasteiger partial charge in [0.2, 0.25) is 0 Å². The van der Waals surface area contributed by atoms with Crippen LogP contribution in [0.4, 0.5) is 0 Å². The van der Waals surface area contributed by atoms with E-state index in [1.165, 1.54) is 13.8 Å². The van der Waals surface area contributed by atoms with E-state index in [4.69, 9.17) is 18.9 Å². The Kier molecular flexibility index (Phi) is 7.23. The summed E-state index contributed by atoms with van der Waals surface area (Å²) in [6.45, 7) is 10.9. The largest absolute Gasteiger partial charge is 0.455 e. The smallest absolute Gasteiger partial charge is 0.338 e. The van der Waals surface area contributed by atoms with E-state index in [2.05, 4.69) is 0 Å². The van der Waals surface area contributed by atoms with Crippen LogP contribution in [0.25, 0.3) is 0 Å². The summed E-state index contributed by atoms with van der Waals surface area (Å²) in [5.41, 5.74) is -5.32. The molecule has 5 rings (SSSR count). The Labute approximate surface area is 245 Å². The Bertz CT molecular complexity index is 1350. The first-order chi connectivity index (χ1) is 19.5. The molecule has 42 heavy (non-hydrogen) atoms. The maximum atomic E-state index is 15.0. The van der Waals surface area contributed by atoms with Crippen molar-refractivity contribution in [2.24, 2.45) is 22.7 Å². The highest BCUT2D eigenvalue weighted by molar-refractivity contribution is 5.95. The lowest BCUT2D eigenvalue weighted by molar-refractivity contribution is -0.340. The number of ketones is 1. The van der Waals surface area contributed by atoms with Crippen molar-refractivity contribution in [3.05, 3.63) is 47.0 Å². The van der Waals surface area contributed by atoms with Crippen LogP contribution < -0.4 is 0 Å². The molecule has 2 N–H and O–H groups in total. The summed E-state index contributed by atoms with van der Waals surface area (Å²) in [4.78, 5) is 53.8. The summed E-state index contributed by atoms with van der Waals surface area (Å²) in [7, 11) is 0. The number of aliphatic hydroxyl groups excluding tert-OH is 1. The van der Waals surface area contributed by atoms with E-state index in [0.717, 1.165) is 0 Å². The van der Waals surface area contributed by atoms with Gasteiger partial charge >= 0.3 is 17.9 Å². The number of fused-ring (bicyclic) bond motifs is 5. The van der Waals surface area contributed by atoms with Gasteiger partial charge in [0.15, 0.2) is 17.5 Å². The van der Waals surface area contributed by atoms with Crippen molar-refractivity contribution in [1.82, 2.24) is 0 Å². The maximum Gasteiger partial charge on any atom is 0.338 e. The normalized spacial score (nSPS) is 40.4. The topological polar surface area (TPSA) is 146 Å². The fraction of sp³-hybridized carbons (Fsp3) is 0.625. The van der Waals surface area contributed by atoms with Gasteiger partial charge in [-0.1, -0.05) is 45.9 Å². The molecule has 0 amide bonds. The van der Waals surface area contributed by atoms with Crippen LogP contribution >= 0.6 is 0 Å². The van der Waals surface area contributed by atoms with Crippen LogP contribution in [0.2, 0.25) is 0 Å². The SMILES string of the molecule is CC(=O)O[C@H]1C(=O)[C@@]2(C)[C@H]([C@H](OC(=O)c3ccccc3)C3(O)C[C@H](O)C(C)=C1C3(C)C)[C@]1(OC(C)=O)CO[C@@H]1C[C@@H]2C. The molecule has 10 nitrogen and oxygen atoms in total. The minimum Gasteiger partial charge on any atom is -0.455 e. The van der Waals surface area contributed by atoms with Crippen LogP contribution in [-0.4, -0.2) is 76.1 Å². The fourth-order valence-electron chi connectivity index (χ4n) is 8.20. The number of esters is 3. The van der Waals surface area contributed by atoms with Crippen molar-refractivity contribution in [3.63, 3.8) is 0 Å². The van der Waals surface area contributed by atoms with Gasteiger partial charge in [0.25, 0.3) is 0 Å². The second kappa shape index (κ2) is 9.99. The third kappa shape index (κ3) is 4.09. The minimum atomic E-state index is -2.00. The molecule has 0 radical (unpaired) electrons. The molecule has 10 heteroatoms. The summed E-state index contributed by atoms with van der Waals surface area (Å²) < 4.78 is 24.0. The van der Waals surface area contributed by atoms with Crippen LogP contribution in [0.15, 0.2) is 41.5 Å². The third-order valence-corrected chi connectivity index (χ3v) is 10.7. The van der Waals surface area contributed by atoms with Crippen LogP contribution in [0.5, 0.6) is 0 Å². The van der Waals surface area contributed by atoms with Crippen molar-refractivity contribution in [3.8, 4) is 0 Å².